The summed E-state index contributed by atoms with van der Waals surface area (Å²) in [6, 6.07) is 8.50. The van der Waals surface area contributed by atoms with Gasteiger partial charge >= 0.3 is 0 Å². The lowest BCUT2D eigenvalue weighted by molar-refractivity contribution is 0.618. The molecule has 19 heavy (non-hydrogen) atoms. The third-order valence-corrected chi connectivity index (χ3v) is 2.91. The Morgan fingerprint density at radius 2 is 2.16 bits per heavy atom. The Morgan fingerprint density at radius 1 is 1.37 bits per heavy atom. The van der Waals surface area contributed by atoms with Gasteiger partial charge in [-0.3, -0.25) is 4.98 Å². The molecule has 2 N–H and O–H groups in total. The van der Waals surface area contributed by atoms with Gasteiger partial charge in [0.1, 0.15) is 17.3 Å². The van der Waals surface area contributed by atoms with Crippen molar-refractivity contribution >= 4 is 11.5 Å². The minimum Gasteiger partial charge on any atom is -0.382 e. The van der Waals surface area contributed by atoms with Gasteiger partial charge in [0.15, 0.2) is 0 Å². The molecule has 0 radical (unpaired) electrons. The lowest BCUT2D eigenvalue weighted by atomic mass is 10.1. The number of halogens is 1. The molecule has 98 valence electrons. The zero-order valence-corrected chi connectivity index (χ0v) is 11.0. The fourth-order valence-corrected chi connectivity index (χ4v) is 1.84. The SMILES string of the molecule is CCc1cccnc1C(N)=Nc1ccc(F)c(C)c1. The lowest BCUT2D eigenvalue weighted by Crippen LogP contribution is -2.17. The largest absolute Gasteiger partial charge is 0.382 e. The lowest BCUT2D eigenvalue weighted by Gasteiger charge is -2.06. The van der Waals surface area contributed by atoms with E-state index in [4.69, 9.17) is 5.73 Å². The fraction of sp³-hybridized carbons (Fsp3) is 0.200. The first-order valence-corrected chi connectivity index (χ1v) is 6.16. The number of nitrogens with zero attached hydrogens (tertiary/aromatic N) is 2. The molecule has 0 fully saturated rings. The second-order valence-corrected chi connectivity index (χ2v) is 4.30. The van der Waals surface area contributed by atoms with Crippen LogP contribution in [0.1, 0.15) is 23.7 Å². The zero-order chi connectivity index (χ0) is 13.8. The van der Waals surface area contributed by atoms with Gasteiger partial charge in [0, 0.05) is 6.20 Å². The van der Waals surface area contributed by atoms with Gasteiger partial charge in [-0.05, 0) is 48.7 Å². The number of pyridine rings is 1. The van der Waals surface area contributed by atoms with Crippen molar-refractivity contribution in [3.8, 4) is 0 Å². The molecule has 1 aromatic heterocycles. The Morgan fingerprint density at radius 3 is 2.84 bits per heavy atom. The van der Waals surface area contributed by atoms with Crippen molar-refractivity contribution in [2.24, 2.45) is 10.7 Å². The molecule has 1 heterocycles. The zero-order valence-electron chi connectivity index (χ0n) is 11.0. The van der Waals surface area contributed by atoms with E-state index in [1.54, 1.807) is 25.3 Å². The highest BCUT2D eigenvalue weighted by molar-refractivity contribution is 5.98. The molecule has 2 aromatic rings. The number of aliphatic imine (C=N–C) groups is 1. The van der Waals surface area contributed by atoms with Crippen LogP contribution in [0.5, 0.6) is 0 Å². The maximum atomic E-state index is 13.2. The third-order valence-electron chi connectivity index (χ3n) is 2.91. The summed E-state index contributed by atoms with van der Waals surface area (Å²) in [6.07, 6.45) is 2.52. The van der Waals surface area contributed by atoms with Crippen molar-refractivity contribution in [2.45, 2.75) is 20.3 Å². The minimum absolute atomic E-state index is 0.246. The molecule has 3 nitrogen and oxygen atoms in total. The van der Waals surface area contributed by atoms with Crippen LogP contribution in [0, 0.1) is 12.7 Å². The molecular weight excluding hydrogens is 241 g/mol. The van der Waals surface area contributed by atoms with Crippen LogP contribution in [0.25, 0.3) is 0 Å². The first-order valence-electron chi connectivity index (χ1n) is 6.16. The number of rotatable bonds is 3. The number of hydrogen-bond acceptors (Lipinski definition) is 2. The van der Waals surface area contributed by atoms with Gasteiger partial charge in [-0.2, -0.15) is 0 Å². The number of aryl methyl sites for hydroxylation is 2. The van der Waals surface area contributed by atoms with Crippen molar-refractivity contribution in [1.29, 1.82) is 0 Å². The summed E-state index contributed by atoms with van der Waals surface area (Å²) < 4.78 is 13.2. The molecule has 2 rings (SSSR count). The van der Waals surface area contributed by atoms with E-state index in [2.05, 4.69) is 9.98 Å². The highest BCUT2D eigenvalue weighted by atomic mass is 19.1. The van der Waals surface area contributed by atoms with Gasteiger partial charge in [0.2, 0.25) is 0 Å². The van der Waals surface area contributed by atoms with Crippen LogP contribution >= 0.6 is 0 Å². The predicted octanol–water partition coefficient (Wildman–Crippen LogP) is 3.13. The Balaban J connectivity index is 2.39. The summed E-state index contributed by atoms with van der Waals surface area (Å²) in [5, 5.41) is 0. The van der Waals surface area contributed by atoms with E-state index in [1.165, 1.54) is 6.07 Å². The van der Waals surface area contributed by atoms with Gasteiger partial charge in [0.25, 0.3) is 0 Å². The monoisotopic (exact) mass is 257 g/mol. The minimum atomic E-state index is -0.246. The van der Waals surface area contributed by atoms with Gasteiger partial charge in [0.05, 0.1) is 5.69 Å². The second kappa shape index (κ2) is 5.61. The molecule has 0 atom stereocenters. The van der Waals surface area contributed by atoms with E-state index in [1.807, 2.05) is 19.1 Å². The number of amidine groups is 1. The Kier molecular flexibility index (Phi) is 3.90. The van der Waals surface area contributed by atoms with Crippen LogP contribution in [-0.4, -0.2) is 10.8 Å². The van der Waals surface area contributed by atoms with Crippen molar-refractivity contribution in [3.05, 3.63) is 59.2 Å². The molecule has 0 saturated carbocycles. The fourth-order valence-electron chi connectivity index (χ4n) is 1.84. The van der Waals surface area contributed by atoms with Gasteiger partial charge in [-0.25, -0.2) is 9.38 Å². The van der Waals surface area contributed by atoms with Crippen LogP contribution in [0.2, 0.25) is 0 Å². The number of nitrogens with two attached hydrogens (primary N) is 1. The molecule has 1 aromatic carbocycles. The van der Waals surface area contributed by atoms with Crippen molar-refractivity contribution < 1.29 is 4.39 Å². The quantitative estimate of drug-likeness (QED) is 0.678. The summed E-state index contributed by atoms with van der Waals surface area (Å²) in [4.78, 5) is 8.56. The van der Waals surface area contributed by atoms with Gasteiger partial charge in [-0.15, -0.1) is 0 Å². The van der Waals surface area contributed by atoms with E-state index in [0.717, 1.165) is 12.0 Å². The Bertz CT molecular complexity index is 621. The summed E-state index contributed by atoms with van der Waals surface area (Å²) in [5.41, 5.74) is 8.89. The molecule has 0 bridgehead atoms. The molecule has 4 heteroatoms. The van der Waals surface area contributed by atoms with E-state index in [9.17, 15) is 4.39 Å². The standard InChI is InChI=1S/C15H16FN3/c1-3-11-5-4-8-18-14(11)15(17)19-12-6-7-13(16)10(2)9-12/h4-9H,3H2,1-2H3,(H2,17,19). The highest BCUT2D eigenvalue weighted by Gasteiger charge is 2.06. The molecule has 0 aliphatic rings. The van der Waals surface area contributed by atoms with Crippen LogP contribution in [-0.2, 0) is 6.42 Å². The average molecular weight is 257 g/mol. The van der Waals surface area contributed by atoms with Gasteiger partial charge < -0.3 is 5.73 Å². The summed E-state index contributed by atoms with van der Waals surface area (Å²) >= 11 is 0. The topological polar surface area (TPSA) is 51.3 Å². The molecule has 0 spiro atoms. The van der Waals surface area contributed by atoms with Gasteiger partial charge in [-0.1, -0.05) is 13.0 Å². The molecule has 0 saturated heterocycles. The second-order valence-electron chi connectivity index (χ2n) is 4.30. The predicted molar refractivity (Wildman–Crippen MR) is 75.1 cm³/mol. The normalized spacial score (nSPS) is 11.6. The molecular formula is C15H16FN3. The van der Waals surface area contributed by atoms with E-state index >= 15 is 0 Å². The van der Waals surface area contributed by atoms with Crippen LogP contribution in [0.4, 0.5) is 10.1 Å². The smallest absolute Gasteiger partial charge is 0.150 e. The maximum absolute atomic E-state index is 13.2. The first kappa shape index (κ1) is 13.2. The van der Waals surface area contributed by atoms with Crippen molar-refractivity contribution in [1.82, 2.24) is 4.98 Å². The van der Waals surface area contributed by atoms with Crippen molar-refractivity contribution in [2.75, 3.05) is 0 Å². The van der Waals surface area contributed by atoms with E-state index in [-0.39, 0.29) is 5.82 Å². The average Bonchev–Trinajstić information content (AvgIpc) is 2.43. The van der Waals surface area contributed by atoms with E-state index in [0.29, 0.717) is 22.8 Å². The number of hydrogen-bond donors (Lipinski definition) is 1. The molecule has 0 unspecified atom stereocenters. The maximum Gasteiger partial charge on any atom is 0.150 e. The van der Waals surface area contributed by atoms with E-state index < -0.39 is 0 Å². The Labute approximate surface area is 112 Å². The summed E-state index contributed by atoms with van der Waals surface area (Å²) in [5.74, 6) is 0.105. The van der Waals surface area contributed by atoms with Crippen molar-refractivity contribution in [3.63, 3.8) is 0 Å². The molecule has 0 aliphatic carbocycles. The summed E-state index contributed by atoms with van der Waals surface area (Å²) in [7, 11) is 0. The third kappa shape index (κ3) is 2.96. The summed E-state index contributed by atoms with van der Waals surface area (Å²) in [6.45, 7) is 3.73. The molecule has 0 amide bonds. The van der Waals surface area contributed by atoms with Crippen LogP contribution in [0.3, 0.4) is 0 Å². The number of aromatic nitrogens is 1. The Hall–Kier alpha value is -2.23. The molecule has 0 aliphatic heterocycles. The van der Waals surface area contributed by atoms with Crippen LogP contribution < -0.4 is 5.73 Å². The highest BCUT2D eigenvalue weighted by Crippen LogP contribution is 2.17. The number of benzene rings is 1. The first-order chi connectivity index (χ1) is 9.11. The van der Waals surface area contributed by atoms with Crippen LogP contribution in [0.15, 0.2) is 41.5 Å².